The second-order valence-electron chi connectivity index (χ2n) is 21.2. The van der Waals surface area contributed by atoms with Crippen molar-refractivity contribution in [2.24, 2.45) is 0 Å². The van der Waals surface area contributed by atoms with Gasteiger partial charge in [0.25, 0.3) is 6.29 Å². The van der Waals surface area contributed by atoms with E-state index in [2.05, 4.69) is 184 Å². The van der Waals surface area contributed by atoms with Crippen molar-refractivity contribution in [3.8, 4) is 0 Å². The molecule has 1 N–H and O–H groups in total. The minimum absolute atomic E-state index is 0.169. The number of esters is 2. The Hall–Kier alpha value is -5.35. The van der Waals surface area contributed by atoms with Crippen LogP contribution in [0.15, 0.2) is 170 Å². The molecule has 0 aromatic carbocycles. The van der Waals surface area contributed by atoms with E-state index in [9.17, 15) is 19.5 Å². The van der Waals surface area contributed by atoms with Gasteiger partial charge in [0.2, 0.25) is 0 Å². The predicted octanol–water partition coefficient (Wildman–Crippen LogP) is 19.1. The Morgan fingerprint density at radius 2 is 0.679 bits per heavy atom. The molecule has 0 amide bonds. The van der Waals surface area contributed by atoms with Crippen molar-refractivity contribution in [1.29, 1.82) is 0 Å². The number of ether oxygens (including phenoxy) is 4. The number of carbonyl (C=O) groups is 3. The molecule has 0 saturated carbocycles. The lowest BCUT2D eigenvalue weighted by Gasteiger charge is -2.25. The van der Waals surface area contributed by atoms with Crippen LogP contribution in [0.1, 0.15) is 206 Å². The number of nitrogens with zero attached hydrogens (tertiary/aromatic N) is 1. The van der Waals surface area contributed by atoms with Gasteiger partial charge in [-0.1, -0.05) is 242 Å². The molecule has 0 fully saturated rings. The number of hydrogen-bond donors (Lipinski definition) is 1. The van der Waals surface area contributed by atoms with Gasteiger partial charge in [-0.15, -0.1) is 0 Å². The molecule has 9 heteroatoms. The Morgan fingerprint density at radius 3 is 1.02 bits per heavy atom. The Bertz CT molecular complexity index is 1930. The molecule has 0 saturated heterocycles. The summed E-state index contributed by atoms with van der Waals surface area (Å²) in [4.78, 5) is 37.4. The van der Waals surface area contributed by atoms with Crippen LogP contribution in [0.2, 0.25) is 0 Å². The minimum Gasteiger partial charge on any atom is -0.477 e. The van der Waals surface area contributed by atoms with E-state index in [1.165, 1.54) is 44.9 Å². The maximum atomic E-state index is 12.9. The van der Waals surface area contributed by atoms with E-state index in [0.717, 1.165) is 122 Å². The zero-order valence-corrected chi connectivity index (χ0v) is 51.6. The first-order valence-corrected chi connectivity index (χ1v) is 31.3. The quantitative estimate of drug-likeness (QED) is 0.0211. The van der Waals surface area contributed by atoms with E-state index in [4.69, 9.17) is 18.9 Å². The molecule has 0 aliphatic heterocycles. The number of quaternary nitrogens is 1. The Morgan fingerprint density at radius 1 is 0.370 bits per heavy atom. The zero-order chi connectivity index (χ0) is 59.1. The molecular weight excluding hydrogens is 1010 g/mol. The molecule has 0 aliphatic rings. The van der Waals surface area contributed by atoms with Gasteiger partial charge in [-0.25, -0.2) is 4.79 Å². The van der Waals surface area contributed by atoms with Crippen LogP contribution in [0.5, 0.6) is 0 Å². The van der Waals surface area contributed by atoms with Gasteiger partial charge in [0.1, 0.15) is 13.2 Å². The Kier molecular flexibility index (Phi) is 56.7. The molecule has 2 unspecified atom stereocenters. The van der Waals surface area contributed by atoms with Crippen LogP contribution >= 0.6 is 0 Å². The third kappa shape index (κ3) is 62.1. The molecule has 0 aromatic heterocycles. The highest BCUT2D eigenvalue weighted by molar-refractivity contribution is 5.71. The monoisotopic (exact) mass is 1120 g/mol. The van der Waals surface area contributed by atoms with E-state index in [-0.39, 0.29) is 32.7 Å². The van der Waals surface area contributed by atoms with Crippen molar-refractivity contribution < 1.29 is 42.9 Å². The Labute approximate surface area is 495 Å². The van der Waals surface area contributed by atoms with E-state index in [1.54, 1.807) is 0 Å². The van der Waals surface area contributed by atoms with Crippen molar-refractivity contribution in [3.05, 3.63) is 170 Å². The molecule has 0 spiro atoms. The topological polar surface area (TPSA) is 108 Å². The summed E-state index contributed by atoms with van der Waals surface area (Å²) in [7, 11) is 5.94. The molecule has 0 aromatic rings. The fourth-order valence-corrected chi connectivity index (χ4v) is 7.75. The first kappa shape index (κ1) is 75.7. The molecule has 0 heterocycles. The lowest BCUT2D eigenvalue weighted by atomic mass is 10.0. The van der Waals surface area contributed by atoms with Crippen LogP contribution in [-0.2, 0) is 33.3 Å². The number of likely N-dealkylation sites (N-methyl/N-ethyl adjacent to an activating group) is 1. The van der Waals surface area contributed by atoms with Gasteiger partial charge in [0, 0.05) is 12.8 Å². The van der Waals surface area contributed by atoms with Gasteiger partial charge in [-0.2, -0.15) is 0 Å². The highest BCUT2D eigenvalue weighted by atomic mass is 16.7. The SMILES string of the molecule is CC/C=C\C/C=C\C/C=C\C/C=C\C/C=C\C/C=C\C/C=C\C/C=C\C/C=C\CCCCCCCCCCCCCC(=O)OC(COC(=O)CCC/C=C\C/C=C\C/C=C\C/C=C\C/C=C\CC)COC(OCC[N+](C)(C)C)C(=O)O. The van der Waals surface area contributed by atoms with E-state index in [1.807, 2.05) is 21.1 Å². The second-order valence-corrected chi connectivity index (χ2v) is 21.2. The van der Waals surface area contributed by atoms with Crippen LogP contribution in [0.4, 0.5) is 0 Å². The summed E-state index contributed by atoms with van der Waals surface area (Å²) >= 11 is 0. The van der Waals surface area contributed by atoms with Crippen LogP contribution < -0.4 is 0 Å². The van der Waals surface area contributed by atoms with Gasteiger partial charge >= 0.3 is 17.9 Å². The highest BCUT2D eigenvalue weighted by Gasteiger charge is 2.25. The summed E-state index contributed by atoms with van der Waals surface area (Å²) in [5, 5.41) is 9.71. The number of carboxylic acid groups (broad SMARTS) is 1. The number of allylic oxidation sites excluding steroid dienone is 28. The maximum Gasteiger partial charge on any atom is 0.361 e. The van der Waals surface area contributed by atoms with Gasteiger partial charge in [0.15, 0.2) is 6.10 Å². The number of hydrogen-bond acceptors (Lipinski definition) is 7. The third-order valence-electron chi connectivity index (χ3n) is 12.5. The smallest absolute Gasteiger partial charge is 0.361 e. The third-order valence-corrected chi connectivity index (χ3v) is 12.5. The fourth-order valence-electron chi connectivity index (χ4n) is 7.75. The van der Waals surface area contributed by atoms with Crippen LogP contribution in [0.25, 0.3) is 0 Å². The number of unbranched alkanes of at least 4 members (excludes halogenated alkanes) is 12. The average molecular weight is 1120 g/mol. The lowest BCUT2D eigenvalue weighted by Crippen LogP contribution is -2.40. The van der Waals surface area contributed by atoms with Crippen molar-refractivity contribution in [3.63, 3.8) is 0 Å². The highest BCUT2D eigenvalue weighted by Crippen LogP contribution is 2.14. The minimum atomic E-state index is -1.53. The van der Waals surface area contributed by atoms with Crippen molar-refractivity contribution in [2.75, 3.05) is 47.5 Å². The van der Waals surface area contributed by atoms with Crippen LogP contribution in [-0.4, -0.2) is 87.4 Å². The molecule has 454 valence electrons. The number of carbonyl (C=O) groups excluding carboxylic acids is 2. The number of rotatable bonds is 55. The molecule has 9 nitrogen and oxygen atoms in total. The van der Waals surface area contributed by atoms with Crippen LogP contribution in [0, 0.1) is 0 Å². The van der Waals surface area contributed by atoms with Crippen LogP contribution in [0.3, 0.4) is 0 Å². The normalized spacial score (nSPS) is 13.9. The maximum absolute atomic E-state index is 12.9. The van der Waals surface area contributed by atoms with Gasteiger partial charge < -0.3 is 28.5 Å². The fraction of sp³-hybridized carbons (Fsp3) is 0.569. The largest absolute Gasteiger partial charge is 0.477 e. The average Bonchev–Trinajstić information content (AvgIpc) is 3.44. The number of aliphatic carboxylic acids is 1. The molecule has 0 bridgehead atoms. The van der Waals surface area contributed by atoms with Gasteiger partial charge in [-0.3, -0.25) is 9.59 Å². The van der Waals surface area contributed by atoms with E-state index < -0.39 is 30.3 Å². The van der Waals surface area contributed by atoms with E-state index >= 15 is 0 Å². The summed E-state index contributed by atoms with van der Waals surface area (Å²) in [5.41, 5.74) is 0. The van der Waals surface area contributed by atoms with Gasteiger partial charge in [0.05, 0.1) is 34.4 Å². The first-order valence-electron chi connectivity index (χ1n) is 31.3. The summed E-state index contributed by atoms with van der Waals surface area (Å²) in [6.45, 7) is 4.55. The molecule has 2 atom stereocenters. The van der Waals surface area contributed by atoms with Crippen molar-refractivity contribution >= 4 is 17.9 Å². The summed E-state index contributed by atoms with van der Waals surface area (Å²) in [6.07, 6.45) is 88.9. The van der Waals surface area contributed by atoms with Crippen molar-refractivity contribution in [2.45, 2.75) is 219 Å². The summed E-state index contributed by atoms with van der Waals surface area (Å²) in [6, 6.07) is 0. The standard InChI is InChI=1S/C72H113NO8/c1-6-8-10-12-14-16-18-20-22-24-25-26-27-28-29-30-31-32-33-34-35-36-37-38-39-40-41-42-43-44-45-47-49-51-53-55-57-59-61-63-70(75)81-68(67-80-72(71(76)77)78-65-64-73(3,4)5)66-79-69(74)62-60-58-56-54-52-50-48-46-23-21-19-17-15-13-11-9-7-2/h8-11,14-17,20-23,25-26,28-29,31-32,34-35,37-38,40-41,48,50,54,56,68,72H,6-7,12-13,18-19,24,27,30,33,36,39,42-47,49,51-53,55,57-67H2,1-5H3/p+1/b10-8-,11-9-,16-14-,17-15-,22-20-,23-21-,26-25-,29-28-,32-31-,35-34-,38-37-,41-40-,50-48-,56-54-. The molecule has 81 heavy (non-hydrogen) atoms. The lowest BCUT2D eigenvalue weighted by molar-refractivity contribution is -0.870. The molecule has 0 aliphatic carbocycles. The molecular formula is C72H114NO8+. The molecule has 0 radical (unpaired) electrons. The molecule has 0 rings (SSSR count). The van der Waals surface area contributed by atoms with Gasteiger partial charge in [-0.05, 0) is 122 Å². The Balaban J connectivity index is 4.21. The summed E-state index contributed by atoms with van der Waals surface area (Å²) < 4.78 is 22.8. The number of carboxylic acids is 1. The summed E-state index contributed by atoms with van der Waals surface area (Å²) in [5.74, 6) is -2.11. The second kappa shape index (κ2) is 60.7. The first-order chi connectivity index (χ1) is 39.6. The predicted molar refractivity (Wildman–Crippen MR) is 345 cm³/mol. The van der Waals surface area contributed by atoms with Crippen molar-refractivity contribution in [1.82, 2.24) is 0 Å². The van der Waals surface area contributed by atoms with E-state index in [0.29, 0.717) is 23.9 Å². The zero-order valence-electron chi connectivity index (χ0n) is 51.6.